The number of carbonyl (C=O) groups is 1. The van der Waals surface area contributed by atoms with Gasteiger partial charge in [-0.1, -0.05) is 26.0 Å². The van der Waals surface area contributed by atoms with Gasteiger partial charge < -0.3 is 4.74 Å². The minimum atomic E-state index is 0.0688. The monoisotopic (exact) mass is 206 g/mol. The summed E-state index contributed by atoms with van der Waals surface area (Å²) < 4.78 is 5.31. The third-order valence-electron chi connectivity index (χ3n) is 2.56. The smallest absolute Gasteiger partial charge is 0.163 e. The molecule has 0 aliphatic carbocycles. The van der Waals surface area contributed by atoms with Crippen LogP contribution in [0.2, 0.25) is 0 Å². The van der Waals surface area contributed by atoms with Gasteiger partial charge in [0.05, 0.1) is 12.7 Å². The first kappa shape index (κ1) is 11.8. The Morgan fingerprint density at radius 1 is 1.33 bits per heavy atom. The summed E-state index contributed by atoms with van der Waals surface area (Å²) in [6.07, 6.45) is 0. The standard InChI is InChI=1S/C13H18O2/c1-8(2)11-7-6-9(3)13(15-5)12(11)10(4)14/h6-8H,1-5H3. The zero-order chi connectivity index (χ0) is 11.6. The summed E-state index contributed by atoms with van der Waals surface area (Å²) in [6.45, 7) is 7.70. The molecule has 0 unspecified atom stereocenters. The summed E-state index contributed by atoms with van der Waals surface area (Å²) in [5.41, 5.74) is 2.80. The molecular formula is C13H18O2. The lowest BCUT2D eigenvalue weighted by atomic mass is 9.92. The van der Waals surface area contributed by atoms with Gasteiger partial charge >= 0.3 is 0 Å². The van der Waals surface area contributed by atoms with Crippen LogP contribution in [-0.4, -0.2) is 12.9 Å². The number of carbonyl (C=O) groups excluding carboxylic acids is 1. The fourth-order valence-corrected chi connectivity index (χ4v) is 1.81. The van der Waals surface area contributed by atoms with E-state index in [1.807, 2.05) is 19.1 Å². The van der Waals surface area contributed by atoms with E-state index in [-0.39, 0.29) is 5.78 Å². The van der Waals surface area contributed by atoms with Gasteiger partial charge in [0.2, 0.25) is 0 Å². The number of ether oxygens (including phenoxy) is 1. The van der Waals surface area contributed by atoms with Gasteiger partial charge in [0.1, 0.15) is 5.75 Å². The fourth-order valence-electron chi connectivity index (χ4n) is 1.81. The number of hydrogen-bond acceptors (Lipinski definition) is 2. The third-order valence-corrected chi connectivity index (χ3v) is 2.56. The Hall–Kier alpha value is -1.31. The van der Waals surface area contributed by atoms with Crippen molar-refractivity contribution in [2.75, 3.05) is 7.11 Å². The second-order valence-corrected chi connectivity index (χ2v) is 4.09. The lowest BCUT2D eigenvalue weighted by molar-refractivity contribution is 0.101. The zero-order valence-electron chi connectivity index (χ0n) is 10.0. The molecule has 0 aliphatic heterocycles. The largest absolute Gasteiger partial charge is 0.496 e. The summed E-state index contributed by atoms with van der Waals surface area (Å²) in [7, 11) is 1.61. The van der Waals surface area contributed by atoms with Gasteiger partial charge in [0.15, 0.2) is 5.78 Å². The van der Waals surface area contributed by atoms with Crippen molar-refractivity contribution < 1.29 is 9.53 Å². The first-order valence-electron chi connectivity index (χ1n) is 5.17. The molecule has 0 bridgehead atoms. The molecular weight excluding hydrogens is 188 g/mol. The average Bonchev–Trinajstić information content (AvgIpc) is 2.16. The van der Waals surface area contributed by atoms with Crippen LogP contribution in [0.15, 0.2) is 12.1 Å². The Bertz CT molecular complexity index is 378. The van der Waals surface area contributed by atoms with E-state index in [4.69, 9.17) is 4.74 Å². The maximum absolute atomic E-state index is 11.6. The summed E-state index contributed by atoms with van der Waals surface area (Å²) in [5.74, 6) is 1.12. The molecule has 1 rings (SSSR count). The van der Waals surface area contributed by atoms with Crippen molar-refractivity contribution in [2.24, 2.45) is 0 Å². The van der Waals surface area contributed by atoms with Crippen molar-refractivity contribution in [2.45, 2.75) is 33.6 Å². The Labute approximate surface area is 91.3 Å². The lowest BCUT2D eigenvalue weighted by Gasteiger charge is -2.16. The number of aryl methyl sites for hydroxylation is 1. The van der Waals surface area contributed by atoms with E-state index in [9.17, 15) is 4.79 Å². The van der Waals surface area contributed by atoms with Crippen molar-refractivity contribution in [3.05, 3.63) is 28.8 Å². The topological polar surface area (TPSA) is 26.3 Å². The maximum Gasteiger partial charge on any atom is 0.163 e. The summed E-state index contributed by atoms with van der Waals surface area (Å²) in [5, 5.41) is 0. The van der Waals surface area contributed by atoms with E-state index in [0.29, 0.717) is 11.7 Å². The van der Waals surface area contributed by atoms with Crippen LogP contribution in [0.3, 0.4) is 0 Å². The molecule has 0 N–H and O–H groups in total. The highest BCUT2D eigenvalue weighted by Crippen LogP contribution is 2.31. The minimum absolute atomic E-state index is 0.0688. The van der Waals surface area contributed by atoms with Gasteiger partial charge in [-0.25, -0.2) is 0 Å². The predicted molar refractivity (Wildman–Crippen MR) is 61.8 cm³/mol. The first-order valence-corrected chi connectivity index (χ1v) is 5.17. The molecule has 0 heterocycles. The number of benzene rings is 1. The molecule has 0 fully saturated rings. The molecule has 0 radical (unpaired) electrons. The maximum atomic E-state index is 11.6. The molecule has 0 aliphatic rings. The summed E-state index contributed by atoms with van der Waals surface area (Å²) >= 11 is 0. The summed E-state index contributed by atoms with van der Waals surface area (Å²) in [6, 6.07) is 4.01. The van der Waals surface area contributed by atoms with Crippen LogP contribution in [0.25, 0.3) is 0 Å². The Balaban J connectivity index is 3.49. The van der Waals surface area contributed by atoms with Crippen LogP contribution in [0.4, 0.5) is 0 Å². The predicted octanol–water partition coefficient (Wildman–Crippen LogP) is 3.33. The van der Waals surface area contributed by atoms with E-state index >= 15 is 0 Å². The van der Waals surface area contributed by atoms with Gasteiger partial charge in [-0.15, -0.1) is 0 Å². The molecule has 2 nitrogen and oxygen atoms in total. The van der Waals surface area contributed by atoms with E-state index < -0.39 is 0 Å². The van der Waals surface area contributed by atoms with Crippen LogP contribution in [0, 0.1) is 6.92 Å². The van der Waals surface area contributed by atoms with Gasteiger partial charge in [-0.2, -0.15) is 0 Å². The second kappa shape index (κ2) is 4.47. The van der Waals surface area contributed by atoms with Crippen LogP contribution < -0.4 is 4.74 Å². The van der Waals surface area contributed by atoms with Gasteiger partial charge in [0.25, 0.3) is 0 Å². The second-order valence-electron chi connectivity index (χ2n) is 4.09. The first-order chi connectivity index (χ1) is 6.99. The molecule has 0 saturated heterocycles. The molecule has 15 heavy (non-hydrogen) atoms. The van der Waals surface area contributed by atoms with Gasteiger partial charge in [0, 0.05) is 0 Å². The average molecular weight is 206 g/mol. The molecule has 0 saturated carbocycles. The van der Waals surface area contributed by atoms with Crippen LogP contribution in [0.1, 0.15) is 48.2 Å². The fraction of sp³-hybridized carbons (Fsp3) is 0.462. The van der Waals surface area contributed by atoms with Gasteiger partial charge in [-0.3, -0.25) is 4.79 Å². The zero-order valence-corrected chi connectivity index (χ0v) is 10.0. The van der Waals surface area contributed by atoms with E-state index in [1.54, 1.807) is 14.0 Å². The lowest BCUT2D eigenvalue weighted by Crippen LogP contribution is -2.06. The number of ketones is 1. The third kappa shape index (κ3) is 2.20. The molecule has 0 spiro atoms. The van der Waals surface area contributed by atoms with Crippen molar-refractivity contribution in [1.82, 2.24) is 0 Å². The van der Waals surface area contributed by atoms with Crippen molar-refractivity contribution >= 4 is 5.78 Å². The molecule has 2 heteroatoms. The van der Waals surface area contributed by atoms with E-state index in [1.165, 1.54) is 0 Å². The Morgan fingerprint density at radius 3 is 2.33 bits per heavy atom. The van der Waals surface area contributed by atoms with Gasteiger partial charge in [-0.05, 0) is 30.9 Å². The normalized spacial score (nSPS) is 10.5. The van der Waals surface area contributed by atoms with Crippen molar-refractivity contribution in [3.63, 3.8) is 0 Å². The highest BCUT2D eigenvalue weighted by Gasteiger charge is 2.17. The minimum Gasteiger partial charge on any atom is -0.496 e. The molecule has 82 valence electrons. The number of rotatable bonds is 3. The Kier molecular flexibility index (Phi) is 3.51. The SMILES string of the molecule is COc1c(C)ccc(C(C)C)c1C(C)=O. The van der Waals surface area contributed by atoms with Crippen molar-refractivity contribution in [3.8, 4) is 5.75 Å². The highest BCUT2D eigenvalue weighted by atomic mass is 16.5. The number of hydrogen-bond donors (Lipinski definition) is 0. The van der Waals surface area contributed by atoms with Crippen LogP contribution in [-0.2, 0) is 0 Å². The van der Waals surface area contributed by atoms with E-state index in [2.05, 4.69) is 13.8 Å². The number of methoxy groups -OCH3 is 1. The van der Waals surface area contributed by atoms with Crippen molar-refractivity contribution in [1.29, 1.82) is 0 Å². The number of Topliss-reactive ketones (excluding diaryl/α,β-unsaturated/α-hetero) is 1. The molecule has 1 aromatic rings. The van der Waals surface area contributed by atoms with E-state index in [0.717, 1.165) is 16.7 Å². The van der Waals surface area contributed by atoms with Crippen LogP contribution >= 0.6 is 0 Å². The Morgan fingerprint density at radius 2 is 1.93 bits per heavy atom. The van der Waals surface area contributed by atoms with Crippen LogP contribution in [0.5, 0.6) is 5.75 Å². The summed E-state index contributed by atoms with van der Waals surface area (Å²) in [4.78, 5) is 11.6. The molecule has 0 amide bonds. The quantitative estimate of drug-likeness (QED) is 0.709. The molecule has 0 atom stereocenters. The highest BCUT2D eigenvalue weighted by molar-refractivity contribution is 5.99. The molecule has 1 aromatic carbocycles. The molecule has 0 aromatic heterocycles.